The number of benzene rings is 1. The Balaban J connectivity index is 2.50. The Bertz CT molecular complexity index is 335. The van der Waals surface area contributed by atoms with Crippen LogP contribution in [0.1, 0.15) is 38.8 Å². The van der Waals surface area contributed by atoms with Gasteiger partial charge in [0.1, 0.15) is 5.75 Å². The van der Waals surface area contributed by atoms with Crippen LogP contribution in [-0.4, -0.2) is 26.9 Å². The van der Waals surface area contributed by atoms with E-state index in [2.05, 4.69) is 38.2 Å². The van der Waals surface area contributed by atoms with Crippen molar-refractivity contribution in [1.82, 2.24) is 5.32 Å². The molecule has 0 radical (unpaired) electrons. The summed E-state index contributed by atoms with van der Waals surface area (Å²) < 4.78 is 11.0. The maximum absolute atomic E-state index is 5.78. The molecule has 0 heterocycles. The molecule has 0 aliphatic rings. The number of ether oxygens (including phenoxy) is 2. The molecule has 0 saturated carbocycles. The van der Waals surface area contributed by atoms with Crippen LogP contribution in [0.25, 0.3) is 0 Å². The molecule has 1 aromatic rings. The Morgan fingerprint density at radius 3 is 2.37 bits per heavy atom. The molecule has 0 aliphatic carbocycles. The first-order chi connectivity index (χ1) is 9.17. The Morgan fingerprint density at radius 2 is 1.84 bits per heavy atom. The van der Waals surface area contributed by atoms with Gasteiger partial charge in [-0.3, -0.25) is 0 Å². The molecule has 1 aromatic carbocycles. The number of methoxy groups -OCH3 is 1. The predicted octanol–water partition coefficient (Wildman–Crippen LogP) is 3.41. The Hall–Kier alpha value is -1.06. The smallest absolute Gasteiger partial charge is 0.118 e. The number of rotatable bonds is 9. The average molecular weight is 265 g/mol. The highest BCUT2D eigenvalue weighted by atomic mass is 16.5. The van der Waals surface area contributed by atoms with Gasteiger partial charge in [-0.05, 0) is 36.6 Å². The second kappa shape index (κ2) is 8.94. The van der Waals surface area contributed by atoms with Crippen molar-refractivity contribution in [2.75, 3.05) is 26.9 Å². The van der Waals surface area contributed by atoms with Crippen LogP contribution in [0.2, 0.25) is 0 Å². The van der Waals surface area contributed by atoms with Gasteiger partial charge in [-0.1, -0.05) is 32.9 Å². The summed E-state index contributed by atoms with van der Waals surface area (Å²) in [6.07, 6.45) is 1.11. The molecule has 0 aromatic heterocycles. The maximum Gasteiger partial charge on any atom is 0.118 e. The summed E-state index contributed by atoms with van der Waals surface area (Å²) >= 11 is 0. The van der Waals surface area contributed by atoms with Crippen molar-refractivity contribution in [3.05, 3.63) is 29.8 Å². The Morgan fingerprint density at radius 1 is 1.16 bits per heavy atom. The zero-order valence-corrected chi connectivity index (χ0v) is 12.6. The molecule has 0 amide bonds. The highest BCUT2D eigenvalue weighted by Gasteiger charge is 2.10. The van der Waals surface area contributed by atoms with Crippen LogP contribution in [0.4, 0.5) is 0 Å². The fourth-order valence-electron chi connectivity index (χ4n) is 1.88. The molecule has 0 spiro atoms. The lowest BCUT2D eigenvalue weighted by Gasteiger charge is -2.19. The Labute approximate surface area is 117 Å². The number of hydrogen-bond donors (Lipinski definition) is 1. The minimum absolute atomic E-state index is 0.253. The van der Waals surface area contributed by atoms with Gasteiger partial charge < -0.3 is 14.8 Å². The van der Waals surface area contributed by atoms with Crippen molar-refractivity contribution in [2.24, 2.45) is 5.92 Å². The van der Waals surface area contributed by atoms with Gasteiger partial charge in [0, 0.05) is 6.61 Å². The van der Waals surface area contributed by atoms with E-state index in [1.54, 1.807) is 7.11 Å². The fourth-order valence-corrected chi connectivity index (χ4v) is 1.88. The summed E-state index contributed by atoms with van der Waals surface area (Å²) in [5.74, 6) is 1.58. The third-order valence-corrected chi connectivity index (χ3v) is 3.09. The van der Waals surface area contributed by atoms with Crippen molar-refractivity contribution in [2.45, 2.75) is 33.2 Å². The second-order valence-electron chi connectivity index (χ2n) is 5.14. The number of hydrogen-bond acceptors (Lipinski definition) is 3. The van der Waals surface area contributed by atoms with Crippen LogP contribution in [0.15, 0.2) is 24.3 Å². The van der Waals surface area contributed by atoms with Gasteiger partial charge in [-0.25, -0.2) is 0 Å². The SMILES string of the molecule is CCNC(COCCC(C)C)c1ccc(OC)cc1. The van der Waals surface area contributed by atoms with E-state index < -0.39 is 0 Å². The van der Waals surface area contributed by atoms with Crippen LogP contribution in [0, 0.1) is 5.92 Å². The van der Waals surface area contributed by atoms with E-state index in [1.807, 2.05) is 12.1 Å². The van der Waals surface area contributed by atoms with Gasteiger partial charge in [-0.2, -0.15) is 0 Å². The van der Waals surface area contributed by atoms with Crippen molar-refractivity contribution < 1.29 is 9.47 Å². The van der Waals surface area contributed by atoms with Gasteiger partial charge in [0.2, 0.25) is 0 Å². The van der Waals surface area contributed by atoms with E-state index in [-0.39, 0.29) is 6.04 Å². The summed E-state index contributed by atoms with van der Waals surface area (Å²) in [5.41, 5.74) is 1.24. The first kappa shape index (κ1) is 16.0. The largest absolute Gasteiger partial charge is 0.497 e. The monoisotopic (exact) mass is 265 g/mol. The molecule has 108 valence electrons. The zero-order chi connectivity index (χ0) is 14.1. The minimum atomic E-state index is 0.253. The summed E-state index contributed by atoms with van der Waals surface area (Å²) in [6.45, 7) is 9.03. The van der Waals surface area contributed by atoms with Crippen molar-refractivity contribution >= 4 is 0 Å². The van der Waals surface area contributed by atoms with Gasteiger partial charge in [0.15, 0.2) is 0 Å². The van der Waals surface area contributed by atoms with Gasteiger partial charge in [-0.15, -0.1) is 0 Å². The maximum atomic E-state index is 5.78. The number of nitrogens with one attached hydrogen (secondary N) is 1. The van der Waals surface area contributed by atoms with Crippen LogP contribution >= 0.6 is 0 Å². The van der Waals surface area contributed by atoms with E-state index >= 15 is 0 Å². The molecule has 1 rings (SSSR count). The zero-order valence-electron chi connectivity index (χ0n) is 12.6. The highest BCUT2D eigenvalue weighted by molar-refractivity contribution is 5.29. The lowest BCUT2D eigenvalue weighted by Crippen LogP contribution is -2.25. The summed E-state index contributed by atoms with van der Waals surface area (Å²) in [6, 6.07) is 8.43. The van der Waals surface area contributed by atoms with Crippen molar-refractivity contribution in [1.29, 1.82) is 0 Å². The molecule has 3 heteroatoms. The molecular formula is C16H27NO2. The summed E-state index contributed by atoms with van der Waals surface area (Å²) in [7, 11) is 1.69. The summed E-state index contributed by atoms with van der Waals surface area (Å²) in [4.78, 5) is 0. The standard InChI is InChI=1S/C16H27NO2/c1-5-17-16(12-19-11-10-13(2)3)14-6-8-15(18-4)9-7-14/h6-9,13,16-17H,5,10-12H2,1-4H3. The van der Waals surface area contributed by atoms with Crippen LogP contribution < -0.4 is 10.1 Å². The van der Waals surface area contributed by atoms with E-state index in [1.165, 1.54) is 5.56 Å². The minimum Gasteiger partial charge on any atom is -0.497 e. The topological polar surface area (TPSA) is 30.5 Å². The van der Waals surface area contributed by atoms with Crippen LogP contribution in [0.5, 0.6) is 5.75 Å². The molecular weight excluding hydrogens is 238 g/mol. The molecule has 0 saturated heterocycles. The third-order valence-electron chi connectivity index (χ3n) is 3.09. The molecule has 0 aliphatic heterocycles. The third kappa shape index (κ3) is 6.08. The van der Waals surface area contributed by atoms with Crippen molar-refractivity contribution in [3.8, 4) is 5.75 Å². The van der Waals surface area contributed by atoms with Crippen LogP contribution in [0.3, 0.4) is 0 Å². The van der Waals surface area contributed by atoms with Gasteiger partial charge in [0.05, 0.1) is 19.8 Å². The molecule has 19 heavy (non-hydrogen) atoms. The van der Waals surface area contributed by atoms with E-state index in [9.17, 15) is 0 Å². The summed E-state index contributed by atoms with van der Waals surface area (Å²) in [5, 5.41) is 3.46. The highest BCUT2D eigenvalue weighted by Crippen LogP contribution is 2.18. The fraction of sp³-hybridized carbons (Fsp3) is 0.625. The van der Waals surface area contributed by atoms with Gasteiger partial charge in [0.25, 0.3) is 0 Å². The quantitative estimate of drug-likeness (QED) is 0.694. The van der Waals surface area contributed by atoms with E-state index in [0.29, 0.717) is 12.5 Å². The molecule has 0 fully saturated rings. The molecule has 3 nitrogen and oxygen atoms in total. The molecule has 1 unspecified atom stereocenters. The van der Waals surface area contributed by atoms with Crippen molar-refractivity contribution in [3.63, 3.8) is 0 Å². The van der Waals surface area contributed by atoms with Gasteiger partial charge >= 0.3 is 0 Å². The average Bonchev–Trinajstić information content (AvgIpc) is 2.42. The van der Waals surface area contributed by atoms with E-state index in [4.69, 9.17) is 9.47 Å². The van der Waals surface area contributed by atoms with E-state index in [0.717, 1.165) is 25.3 Å². The predicted molar refractivity (Wildman–Crippen MR) is 79.7 cm³/mol. The first-order valence-electron chi connectivity index (χ1n) is 7.12. The molecule has 0 bridgehead atoms. The second-order valence-corrected chi connectivity index (χ2v) is 5.14. The molecule has 1 N–H and O–H groups in total. The molecule has 1 atom stereocenters. The lowest BCUT2D eigenvalue weighted by atomic mass is 10.1. The normalized spacial score (nSPS) is 12.7. The lowest BCUT2D eigenvalue weighted by molar-refractivity contribution is 0.103. The van der Waals surface area contributed by atoms with Crippen LogP contribution in [-0.2, 0) is 4.74 Å². The number of likely N-dealkylation sites (N-methyl/N-ethyl adjacent to an activating group) is 1. The first-order valence-corrected chi connectivity index (χ1v) is 7.12. The Kier molecular flexibility index (Phi) is 7.53.